The van der Waals surface area contributed by atoms with Gasteiger partial charge in [-0.3, -0.25) is 4.79 Å². The number of quaternary nitrogens is 1. The highest BCUT2D eigenvalue weighted by molar-refractivity contribution is 6.31. The molecule has 1 amide bonds. The van der Waals surface area contributed by atoms with E-state index in [2.05, 4.69) is 12.2 Å². The highest BCUT2D eigenvalue weighted by Gasteiger charge is 2.18. The van der Waals surface area contributed by atoms with Crippen molar-refractivity contribution in [3.05, 3.63) is 34.9 Å². The first-order valence-electron chi connectivity index (χ1n) is 7.54. The molecule has 0 heterocycles. The number of nitrogens with one attached hydrogen (secondary N) is 1. The fourth-order valence-corrected chi connectivity index (χ4v) is 3.10. The Morgan fingerprint density at radius 2 is 2.05 bits per heavy atom. The van der Waals surface area contributed by atoms with Crippen LogP contribution in [0.4, 0.5) is 0 Å². The zero-order valence-electron chi connectivity index (χ0n) is 12.1. The molecule has 0 saturated heterocycles. The van der Waals surface area contributed by atoms with E-state index in [4.69, 9.17) is 11.6 Å². The Bertz CT molecular complexity index is 444. The molecule has 3 nitrogen and oxygen atoms in total. The van der Waals surface area contributed by atoms with Crippen LogP contribution in [0, 0.1) is 0 Å². The molecule has 1 aliphatic carbocycles. The Morgan fingerprint density at radius 1 is 1.35 bits per heavy atom. The maximum Gasteiger partial charge on any atom is 0.275 e. The van der Waals surface area contributed by atoms with Crippen molar-refractivity contribution < 1.29 is 10.1 Å². The fourth-order valence-electron chi connectivity index (χ4n) is 2.79. The summed E-state index contributed by atoms with van der Waals surface area (Å²) in [5, 5.41) is 5.95. The first-order chi connectivity index (χ1) is 9.66. The Kier molecular flexibility index (Phi) is 5.86. The van der Waals surface area contributed by atoms with E-state index in [-0.39, 0.29) is 11.9 Å². The molecule has 0 aromatic heterocycles. The van der Waals surface area contributed by atoms with E-state index in [0.717, 1.165) is 23.4 Å². The lowest BCUT2D eigenvalue weighted by Crippen LogP contribution is -2.87. The van der Waals surface area contributed by atoms with Gasteiger partial charge in [0, 0.05) is 16.6 Å². The second kappa shape index (κ2) is 7.65. The standard InChI is InChI=1S/C16H23ClN2O/c1-12(14-9-5-6-10-15(14)17)18-11-16(20)19-13-7-3-2-4-8-13/h5-6,9-10,12-13,18H,2-4,7-8,11H2,1H3,(H,19,20)/p+1/t12-/m0/s1. The van der Waals surface area contributed by atoms with E-state index in [1.807, 2.05) is 29.6 Å². The Labute approximate surface area is 126 Å². The van der Waals surface area contributed by atoms with E-state index >= 15 is 0 Å². The fraction of sp³-hybridized carbons (Fsp3) is 0.562. The van der Waals surface area contributed by atoms with E-state index in [1.54, 1.807) is 0 Å². The number of nitrogens with two attached hydrogens (primary N) is 1. The maximum atomic E-state index is 12.0. The van der Waals surface area contributed by atoms with Crippen LogP contribution < -0.4 is 10.6 Å². The quantitative estimate of drug-likeness (QED) is 0.861. The molecule has 1 atom stereocenters. The number of hydrogen-bond donors (Lipinski definition) is 2. The Balaban J connectivity index is 1.76. The summed E-state index contributed by atoms with van der Waals surface area (Å²) >= 11 is 6.17. The molecule has 20 heavy (non-hydrogen) atoms. The second-order valence-corrected chi connectivity index (χ2v) is 6.06. The van der Waals surface area contributed by atoms with Gasteiger partial charge >= 0.3 is 0 Å². The highest BCUT2D eigenvalue weighted by atomic mass is 35.5. The molecule has 0 bridgehead atoms. The Hall–Kier alpha value is -1.06. The first-order valence-corrected chi connectivity index (χ1v) is 7.91. The van der Waals surface area contributed by atoms with Gasteiger partial charge < -0.3 is 10.6 Å². The third-order valence-electron chi connectivity index (χ3n) is 4.02. The lowest BCUT2D eigenvalue weighted by molar-refractivity contribution is -0.682. The van der Waals surface area contributed by atoms with Crippen LogP contribution in [0.25, 0.3) is 0 Å². The molecule has 3 N–H and O–H groups in total. The topological polar surface area (TPSA) is 45.7 Å². The molecule has 1 aliphatic rings. The number of rotatable bonds is 5. The van der Waals surface area contributed by atoms with Crippen LogP contribution in [-0.4, -0.2) is 18.5 Å². The second-order valence-electron chi connectivity index (χ2n) is 5.65. The summed E-state index contributed by atoms with van der Waals surface area (Å²) in [6.07, 6.45) is 6.05. The Morgan fingerprint density at radius 3 is 2.75 bits per heavy atom. The normalized spacial score (nSPS) is 17.7. The average molecular weight is 296 g/mol. The van der Waals surface area contributed by atoms with Crippen LogP contribution >= 0.6 is 11.6 Å². The summed E-state index contributed by atoms with van der Waals surface area (Å²) < 4.78 is 0. The molecule has 4 heteroatoms. The van der Waals surface area contributed by atoms with Gasteiger partial charge in [0.1, 0.15) is 6.04 Å². The van der Waals surface area contributed by atoms with Crippen molar-refractivity contribution in [2.75, 3.05) is 6.54 Å². The minimum Gasteiger partial charge on any atom is -0.348 e. The molecular weight excluding hydrogens is 272 g/mol. The van der Waals surface area contributed by atoms with Crippen molar-refractivity contribution in [3.63, 3.8) is 0 Å². The predicted molar refractivity (Wildman–Crippen MR) is 81.7 cm³/mol. The van der Waals surface area contributed by atoms with Gasteiger partial charge in [-0.05, 0) is 25.8 Å². The van der Waals surface area contributed by atoms with Crippen molar-refractivity contribution in [2.45, 2.75) is 51.1 Å². The molecule has 0 radical (unpaired) electrons. The number of hydrogen-bond acceptors (Lipinski definition) is 1. The number of carbonyl (C=O) groups excluding carboxylic acids is 1. The van der Waals surface area contributed by atoms with Crippen LogP contribution in [0.3, 0.4) is 0 Å². The van der Waals surface area contributed by atoms with E-state index in [0.29, 0.717) is 12.6 Å². The van der Waals surface area contributed by atoms with Crippen molar-refractivity contribution in [2.24, 2.45) is 0 Å². The van der Waals surface area contributed by atoms with Crippen LogP contribution in [-0.2, 0) is 4.79 Å². The minimum atomic E-state index is 0.135. The van der Waals surface area contributed by atoms with Crippen LogP contribution in [0.1, 0.15) is 50.6 Å². The van der Waals surface area contributed by atoms with Crippen LogP contribution in [0.2, 0.25) is 5.02 Å². The third-order valence-corrected chi connectivity index (χ3v) is 4.37. The molecule has 1 aromatic rings. The van der Waals surface area contributed by atoms with E-state index < -0.39 is 0 Å². The average Bonchev–Trinajstić information content (AvgIpc) is 2.46. The lowest BCUT2D eigenvalue weighted by Gasteiger charge is -2.22. The monoisotopic (exact) mass is 295 g/mol. The molecule has 1 saturated carbocycles. The summed E-state index contributed by atoms with van der Waals surface area (Å²) in [4.78, 5) is 12.0. The van der Waals surface area contributed by atoms with Gasteiger partial charge in [-0.25, -0.2) is 0 Å². The molecule has 0 spiro atoms. The van der Waals surface area contributed by atoms with Crippen molar-refractivity contribution in [1.29, 1.82) is 0 Å². The molecule has 0 unspecified atom stereocenters. The SMILES string of the molecule is C[C@H]([NH2+]CC(=O)NC1CCCCC1)c1ccccc1Cl. The van der Waals surface area contributed by atoms with Gasteiger partial charge in [-0.1, -0.05) is 49.1 Å². The maximum absolute atomic E-state index is 12.0. The smallest absolute Gasteiger partial charge is 0.275 e. The molecule has 0 aliphatic heterocycles. The summed E-state index contributed by atoms with van der Waals surface area (Å²) in [7, 11) is 0. The first kappa shape index (κ1) is 15.3. The summed E-state index contributed by atoms with van der Waals surface area (Å²) in [5.41, 5.74) is 1.08. The third kappa shape index (κ3) is 4.50. The molecule has 110 valence electrons. The molecule has 2 rings (SSSR count). The van der Waals surface area contributed by atoms with Gasteiger partial charge in [0.2, 0.25) is 0 Å². The summed E-state index contributed by atoms with van der Waals surface area (Å²) in [6, 6.07) is 8.40. The zero-order chi connectivity index (χ0) is 14.4. The number of halogens is 1. The number of benzene rings is 1. The molecule has 1 fully saturated rings. The number of carbonyl (C=O) groups is 1. The lowest BCUT2D eigenvalue weighted by atomic mass is 9.95. The predicted octanol–water partition coefficient (Wildman–Crippen LogP) is 2.41. The van der Waals surface area contributed by atoms with E-state index in [9.17, 15) is 4.79 Å². The van der Waals surface area contributed by atoms with E-state index in [1.165, 1.54) is 19.3 Å². The largest absolute Gasteiger partial charge is 0.348 e. The molecular formula is C16H24ClN2O+. The zero-order valence-corrected chi connectivity index (χ0v) is 12.8. The van der Waals surface area contributed by atoms with Gasteiger partial charge in [-0.2, -0.15) is 0 Å². The van der Waals surface area contributed by atoms with Crippen LogP contribution in [0.15, 0.2) is 24.3 Å². The van der Waals surface area contributed by atoms with Crippen LogP contribution in [0.5, 0.6) is 0 Å². The van der Waals surface area contributed by atoms with Gasteiger partial charge in [-0.15, -0.1) is 0 Å². The van der Waals surface area contributed by atoms with Crippen molar-refractivity contribution >= 4 is 17.5 Å². The van der Waals surface area contributed by atoms with Gasteiger partial charge in [0.15, 0.2) is 6.54 Å². The summed E-state index contributed by atoms with van der Waals surface area (Å²) in [5.74, 6) is 0.135. The summed E-state index contributed by atoms with van der Waals surface area (Å²) in [6.45, 7) is 2.54. The number of amides is 1. The van der Waals surface area contributed by atoms with Crippen molar-refractivity contribution in [1.82, 2.24) is 5.32 Å². The highest BCUT2D eigenvalue weighted by Crippen LogP contribution is 2.19. The minimum absolute atomic E-state index is 0.135. The molecule has 1 aromatic carbocycles. The van der Waals surface area contributed by atoms with Gasteiger partial charge in [0.25, 0.3) is 5.91 Å². The van der Waals surface area contributed by atoms with Crippen molar-refractivity contribution in [3.8, 4) is 0 Å². The van der Waals surface area contributed by atoms with Gasteiger partial charge in [0.05, 0.1) is 0 Å².